The number of aromatic amines is 1. The van der Waals surface area contributed by atoms with Crippen LogP contribution in [0.1, 0.15) is 26.7 Å². The molecule has 0 radical (unpaired) electrons. The third-order valence-electron chi connectivity index (χ3n) is 4.78. The number of hydrogen-bond acceptors (Lipinski definition) is 4. The molecule has 3 heterocycles. The zero-order valence-electron chi connectivity index (χ0n) is 15.2. The number of benzene rings is 1. The molecule has 1 atom stereocenters. The minimum absolute atomic E-state index is 0.0525. The SMILES string of the molecule is C=C1CC(Nc2nccc(-c3c[nH]c4c(F)c(F)ccc34)n2)CC(C)(C)N1. The topological polar surface area (TPSA) is 65.6 Å². The quantitative estimate of drug-likeness (QED) is 0.642. The molecule has 27 heavy (non-hydrogen) atoms. The first kappa shape index (κ1) is 17.5. The van der Waals surface area contributed by atoms with Crippen LogP contribution in [-0.2, 0) is 0 Å². The van der Waals surface area contributed by atoms with E-state index in [0.29, 0.717) is 22.6 Å². The second-order valence-corrected chi connectivity index (χ2v) is 7.61. The molecule has 0 aliphatic carbocycles. The van der Waals surface area contributed by atoms with Crippen molar-refractivity contribution in [3.63, 3.8) is 0 Å². The van der Waals surface area contributed by atoms with Crippen LogP contribution in [0.4, 0.5) is 14.7 Å². The van der Waals surface area contributed by atoms with Gasteiger partial charge in [0.1, 0.15) is 0 Å². The largest absolute Gasteiger partial charge is 0.384 e. The van der Waals surface area contributed by atoms with Crippen LogP contribution in [0.15, 0.2) is 42.9 Å². The number of piperidine rings is 1. The van der Waals surface area contributed by atoms with Crippen LogP contribution in [0.3, 0.4) is 0 Å². The molecule has 1 aliphatic heterocycles. The van der Waals surface area contributed by atoms with E-state index in [-0.39, 0.29) is 17.1 Å². The van der Waals surface area contributed by atoms with E-state index in [1.807, 2.05) is 0 Å². The number of anilines is 1. The van der Waals surface area contributed by atoms with E-state index in [1.54, 1.807) is 24.5 Å². The molecule has 3 N–H and O–H groups in total. The van der Waals surface area contributed by atoms with Gasteiger partial charge in [0.15, 0.2) is 11.6 Å². The molecule has 1 unspecified atom stereocenters. The number of fused-ring (bicyclic) bond motifs is 1. The molecule has 4 rings (SSSR count). The molecule has 1 fully saturated rings. The van der Waals surface area contributed by atoms with E-state index in [4.69, 9.17) is 0 Å². The van der Waals surface area contributed by atoms with Crippen molar-refractivity contribution in [2.75, 3.05) is 5.32 Å². The zero-order valence-corrected chi connectivity index (χ0v) is 15.2. The number of halogens is 2. The summed E-state index contributed by atoms with van der Waals surface area (Å²) in [6.45, 7) is 8.30. The first-order valence-electron chi connectivity index (χ1n) is 8.83. The second-order valence-electron chi connectivity index (χ2n) is 7.61. The van der Waals surface area contributed by atoms with Gasteiger partial charge in [-0.2, -0.15) is 0 Å². The van der Waals surface area contributed by atoms with Gasteiger partial charge in [-0.15, -0.1) is 0 Å². The standard InChI is InChI=1S/C20H21F2N5/c1-11-8-12(9-20(2,3)27-11)25-19-23-7-6-16(26-19)14-10-24-18-13(14)4-5-15(21)17(18)22/h4-7,10,12,24,27H,1,8-9H2,2-3H3,(H,23,25,26). The number of nitrogens with one attached hydrogen (secondary N) is 3. The van der Waals surface area contributed by atoms with E-state index >= 15 is 0 Å². The molecular weight excluding hydrogens is 348 g/mol. The highest BCUT2D eigenvalue weighted by molar-refractivity contribution is 5.95. The van der Waals surface area contributed by atoms with E-state index in [9.17, 15) is 8.78 Å². The van der Waals surface area contributed by atoms with Gasteiger partial charge in [0.2, 0.25) is 5.95 Å². The Hall–Kier alpha value is -2.96. The van der Waals surface area contributed by atoms with Gasteiger partial charge in [-0.1, -0.05) is 6.58 Å². The number of H-pyrrole nitrogens is 1. The Bertz CT molecular complexity index is 1020. The summed E-state index contributed by atoms with van der Waals surface area (Å²) in [5.41, 5.74) is 2.40. The second kappa shape index (κ2) is 6.33. The minimum Gasteiger partial charge on any atom is -0.384 e. The third-order valence-corrected chi connectivity index (χ3v) is 4.78. The van der Waals surface area contributed by atoms with Crippen molar-refractivity contribution >= 4 is 16.9 Å². The first-order chi connectivity index (χ1) is 12.8. The van der Waals surface area contributed by atoms with Gasteiger partial charge in [-0.3, -0.25) is 0 Å². The Morgan fingerprint density at radius 2 is 2.07 bits per heavy atom. The summed E-state index contributed by atoms with van der Waals surface area (Å²) in [6, 6.07) is 4.59. The normalized spacial score (nSPS) is 19.1. The van der Waals surface area contributed by atoms with Gasteiger partial charge >= 0.3 is 0 Å². The molecule has 140 valence electrons. The first-order valence-corrected chi connectivity index (χ1v) is 8.83. The molecule has 0 spiro atoms. The number of hydrogen-bond donors (Lipinski definition) is 3. The Labute approximate surface area is 155 Å². The lowest BCUT2D eigenvalue weighted by Crippen LogP contribution is -2.48. The van der Waals surface area contributed by atoms with Crippen molar-refractivity contribution in [2.24, 2.45) is 0 Å². The fourth-order valence-electron chi connectivity index (χ4n) is 3.78. The van der Waals surface area contributed by atoms with Crippen LogP contribution in [0.2, 0.25) is 0 Å². The maximum Gasteiger partial charge on any atom is 0.223 e. The van der Waals surface area contributed by atoms with Gasteiger partial charge in [-0.05, 0) is 38.5 Å². The molecular formula is C20H21F2N5. The molecule has 1 aliphatic rings. The third kappa shape index (κ3) is 3.37. The van der Waals surface area contributed by atoms with Crippen molar-refractivity contribution in [3.8, 4) is 11.3 Å². The predicted octanol–water partition coefficient (Wildman–Crippen LogP) is 4.36. The molecule has 1 saturated heterocycles. The average Bonchev–Trinajstić information content (AvgIpc) is 3.01. The Kier molecular flexibility index (Phi) is 4.09. The van der Waals surface area contributed by atoms with Crippen molar-refractivity contribution in [1.82, 2.24) is 20.3 Å². The van der Waals surface area contributed by atoms with Gasteiger partial charge < -0.3 is 15.6 Å². The maximum absolute atomic E-state index is 14.0. The highest BCUT2D eigenvalue weighted by Gasteiger charge is 2.29. The average molecular weight is 369 g/mol. The monoisotopic (exact) mass is 369 g/mol. The van der Waals surface area contributed by atoms with Crippen molar-refractivity contribution < 1.29 is 8.78 Å². The smallest absolute Gasteiger partial charge is 0.223 e. The lowest BCUT2D eigenvalue weighted by Gasteiger charge is -2.38. The van der Waals surface area contributed by atoms with Crippen LogP contribution in [0.5, 0.6) is 0 Å². The van der Waals surface area contributed by atoms with Crippen LogP contribution in [-0.4, -0.2) is 26.5 Å². The molecule has 0 saturated carbocycles. The molecule has 5 nitrogen and oxygen atoms in total. The lowest BCUT2D eigenvalue weighted by molar-refractivity contribution is 0.324. The Morgan fingerprint density at radius 1 is 1.26 bits per heavy atom. The van der Waals surface area contributed by atoms with Crippen molar-refractivity contribution in [1.29, 1.82) is 0 Å². The lowest BCUT2D eigenvalue weighted by atomic mass is 9.88. The summed E-state index contributed by atoms with van der Waals surface area (Å²) in [5.74, 6) is -1.27. The summed E-state index contributed by atoms with van der Waals surface area (Å²) in [6.07, 6.45) is 4.98. The van der Waals surface area contributed by atoms with Crippen molar-refractivity contribution in [2.45, 2.75) is 38.3 Å². The fraction of sp³-hybridized carbons (Fsp3) is 0.300. The van der Waals surface area contributed by atoms with Crippen LogP contribution >= 0.6 is 0 Å². The maximum atomic E-state index is 14.0. The summed E-state index contributed by atoms with van der Waals surface area (Å²) >= 11 is 0. The predicted molar refractivity (Wildman–Crippen MR) is 102 cm³/mol. The zero-order chi connectivity index (χ0) is 19.2. The number of nitrogens with zero attached hydrogens (tertiary/aromatic N) is 2. The van der Waals surface area contributed by atoms with E-state index in [0.717, 1.165) is 24.6 Å². The summed E-state index contributed by atoms with van der Waals surface area (Å²) < 4.78 is 27.4. The molecule has 3 aromatic rings. The van der Waals surface area contributed by atoms with E-state index < -0.39 is 11.6 Å². The Morgan fingerprint density at radius 3 is 2.85 bits per heavy atom. The van der Waals surface area contributed by atoms with Crippen LogP contribution < -0.4 is 10.6 Å². The summed E-state index contributed by atoms with van der Waals surface area (Å²) in [7, 11) is 0. The fourth-order valence-corrected chi connectivity index (χ4v) is 3.78. The van der Waals surface area contributed by atoms with Crippen molar-refractivity contribution in [3.05, 3.63) is 54.5 Å². The summed E-state index contributed by atoms with van der Waals surface area (Å²) in [5, 5.41) is 7.34. The molecule has 0 bridgehead atoms. The number of rotatable bonds is 3. The minimum atomic E-state index is -0.887. The Balaban J connectivity index is 1.64. The number of aromatic nitrogens is 3. The van der Waals surface area contributed by atoms with Gasteiger partial charge in [-0.25, -0.2) is 18.7 Å². The van der Waals surface area contributed by atoms with Crippen LogP contribution in [0.25, 0.3) is 22.2 Å². The van der Waals surface area contributed by atoms with E-state index in [2.05, 4.69) is 46.0 Å². The van der Waals surface area contributed by atoms with Gasteiger partial charge in [0.05, 0.1) is 11.2 Å². The molecule has 0 amide bonds. The van der Waals surface area contributed by atoms with Gasteiger partial charge in [0, 0.05) is 47.0 Å². The molecule has 1 aromatic carbocycles. The van der Waals surface area contributed by atoms with Gasteiger partial charge in [0.25, 0.3) is 0 Å². The molecule has 2 aromatic heterocycles. The summed E-state index contributed by atoms with van der Waals surface area (Å²) in [4.78, 5) is 11.7. The molecule has 7 heteroatoms. The highest BCUT2D eigenvalue weighted by Crippen LogP contribution is 2.30. The van der Waals surface area contributed by atoms with Crippen LogP contribution in [0, 0.1) is 11.6 Å². The van der Waals surface area contributed by atoms with E-state index in [1.165, 1.54) is 0 Å². The highest BCUT2D eigenvalue weighted by atomic mass is 19.2.